The lowest BCUT2D eigenvalue weighted by Crippen LogP contribution is -2.55. The summed E-state index contributed by atoms with van der Waals surface area (Å²) in [5.41, 5.74) is -0.111. The van der Waals surface area contributed by atoms with Gasteiger partial charge in [0.1, 0.15) is 5.82 Å². The van der Waals surface area contributed by atoms with Crippen molar-refractivity contribution in [2.24, 2.45) is 0 Å². The summed E-state index contributed by atoms with van der Waals surface area (Å²) in [6.45, 7) is 4.30. The van der Waals surface area contributed by atoms with Crippen molar-refractivity contribution in [3.63, 3.8) is 0 Å². The Morgan fingerprint density at radius 3 is 2.28 bits per heavy atom. The minimum absolute atomic E-state index is 0.0311. The number of aromatic nitrogens is 1. The SMILES string of the molecule is CCN(CC)S(=O)(=O)N1CCN(C(=O)C(=O)c2c[nH]c3c(C(=O)OC)ccc(F)c23)CC1. The van der Waals surface area contributed by atoms with Gasteiger partial charge >= 0.3 is 5.97 Å². The highest BCUT2D eigenvalue weighted by atomic mass is 32.2. The van der Waals surface area contributed by atoms with E-state index in [2.05, 4.69) is 9.72 Å². The lowest BCUT2D eigenvalue weighted by Gasteiger charge is -2.36. The number of carbonyl (C=O) groups is 3. The van der Waals surface area contributed by atoms with Gasteiger partial charge in [-0.15, -0.1) is 0 Å². The number of aromatic amines is 1. The molecule has 1 aliphatic rings. The van der Waals surface area contributed by atoms with Crippen molar-refractivity contribution in [2.45, 2.75) is 13.8 Å². The van der Waals surface area contributed by atoms with E-state index in [0.29, 0.717) is 13.1 Å². The monoisotopic (exact) mass is 468 g/mol. The van der Waals surface area contributed by atoms with Gasteiger partial charge in [-0.1, -0.05) is 13.8 Å². The number of H-pyrrole nitrogens is 1. The Morgan fingerprint density at radius 2 is 1.72 bits per heavy atom. The molecular weight excluding hydrogens is 443 g/mol. The third kappa shape index (κ3) is 4.12. The first-order valence-electron chi connectivity index (χ1n) is 10.1. The van der Waals surface area contributed by atoms with Crippen LogP contribution in [0.3, 0.4) is 0 Å². The second-order valence-corrected chi connectivity index (χ2v) is 9.08. The number of ketones is 1. The number of Topliss-reactive ketones (excluding diaryl/α,β-unsaturated/α-hetero) is 1. The molecule has 174 valence electrons. The van der Waals surface area contributed by atoms with Crippen LogP contribution >= 0.6 is 0 Å². The highest BCUT2D eigenvalue weighted by Gasteiger charge is 2.35. The van der Waals surface area contributed by atoms with Crippen LogP contribution < -0.4 is 0 Å². The summed E-state index contributed by atoms with van der Waals surface area (Å²) in [7, 11) is -2.46. The molecule has 3 rings (SSSR count). The number of nitrogens with one attached hydrogen (secondary N) is 1. The Balaban J connectivity index is 1.80. The summed E-state index contributed by atoms with van der Waals surface area (Å²) in [6, 6.07) is 2.26. The van der Waals surface area contributed by atoms with Gasteiger partial charge in [0, 0.05) is 50.9 Å². The van der Waals surface area contributed by atoms with Crippen LogP contribution in [-0.4, -0.2) is 91.0 Å². The summed E-state index contributed by atoms with van der Waals surface area (Å²) in [4.78, 5) is 41.5. The number of fused-ring (bicyclic) bond motifs is 1. The normalized spacial score (nSPS) is 15.3. The van der Waals surface area contributed by atoms with Gasteiger partial charge in [-0.2, -0.15) is 17.0 Å². The predicted molar refractivity (Wildman–Crippen MR) is 114 cm³/mol. The number of esters is 1. The first kappa shape index (κ1) is 23.8. The molecule has 2 aromatic rings. The number of hydrogen-bond acceptors (Lipinski definition) is 6. The highest BCUT2D eigenvalue weighted by Crippen LogP contribution is 2.26. The molecule has 1 amide bonds. The van der Waals surface area contributed by atoms with Gasteiger partial charge in [-0.25, -0.2) is 9.18 Å². The summed E-state index contributed by atoms with van der Waals surface area (Å²) in [6.07, 6.45) is 1.18. The number of amides is 1. The number of carbonyl (C=O) groups excluding carboxylic acids is 3. The van der Waals surface area contributed by atoms with Crippen LogP contribution in [0.15, 0.2) is 18.3 Å². The summed E-state index contributed by atoms with van der Waals surface area (Å²) >= 11 is 0. The standard InChI is InChI=1S/C20H25FN4O6S/c1-4-24(5-2)32(29,30)25-10-8-23(9-11-25)19(27)18(26)14-12-22-17-13(20(28)31-3)6-7-15(21)16(14)17/h6-7,12,22H,4-5,8-11H2,1-3H3. The zero-order valence-electron chi connectivity index (χ0n) is 18.1. The minimum Gasteiger partial charge on any atom is -0.465 e. The van der Waals surface area contributed by atoms with Crippen LogP contribution in [0.25, 0.3) is 10.9 Å². The van der Waals surface area contributed by atoms with E-state index < -0.39 is 33.7 Å². The molecule has 0 unspecified atom stereocenters. The minimum atomic E-state index is -3.64. The Labute approximate surface area is 185 Å². The number of nitrogens with zero attached hydrogens (tertiary/aromatic N) is 3. The Bertz CT molecular complexity index is 1150. The van der Waals surface area contributed by atoms with Crippen molar-refractivity contribution in [3.05, 3.63) is 35.3 Å². The molecule has 0 radical (unpaired) electrons. The highest BCUT2D eigenvalue weighted by molar-refractivity contribution is 7.86. The average Bonchev–Trinajstić information content (AvgIpc) is 3.24. The lowest BCUT2D eigenvalue weighted by atomic mass is 10.0. The molecule has 0 saturated carbocycles. The summed E-state index contributed by atoms with van der Waals surface area (Å²) < 4.78 is 47.0. The molecule has 2 heterocycles. The van der Waals surface area contributed by atoms with Crippen molar-refractivity contribution in [3.8, 4) is 0 Å². The molecule has 0 aliphatic carbocycles. The molecule has 32 heavy (non-hydrogen) atoms. The maximum Gasteiger partial charge on any atom is 0.339 e. The van der Waals surface area contributed by atoms with E-state index in [9.17, 15) is 27.2 Å². The number of benzene rings is 1. The van der Waals surface area contributed by atoms with Crippen molar-refractivity contribution in [1.29, 1.82) is 0 Å². The van der Waals surface area contributed by atoms with Gasteiger partial charge < -0.3 is 14.6 Å². The zero-order valence-corrected chi connectivity index (χ0v) is 18.9. The van der Waals surface area contributed by atoms with E-state index in [-0.39, 0.29) is 48.2 Å². The quantitative estimate of drug-likeness (QED) is 0.368. The Morgan fingerprint density at radius 1 is 1.09 bits per heavy atom. The first-order valence-corrected chi connectivity index (χ1v) is 11.5. The fourth-order valence-corrected chi connectivity index (χ4v) is 5.36. The second-order valence-electron chi connectivity index (χ2n) is 7.15. The topological polar surface area (TPSA) is 120 Å². The molecule has 10 nitrogen and oxygen atoms in total. The average molecular weight is 469 g/mol. The molecule has 1 N–H and O–H groups in total. The smallest absolute Gasteiger partial charge is 0.339 e. The van der Waals surface area contributed by atoms with E-state index in [0.717, 1.165) is 6.07 Å². The number of piperazine rings is 1. The van der Waals surface area contributed by atoms with Crippen LogP contribution in [-0.2, 0) is 19.7 Å². The molecule has 0 bridgehead atoms. The molecule has 0 atom stereocenters. The van der Waals surface area contributed by atoms with Crippen molar-refractivity contribution in [1.82, 2.24) is 18.5 Å². The number of ether oxygens (including phenoxy) is 1. The Hall–Kier alpha value is -2.83. The van der Waals surface area contributed by atoms with Crippen LogP contribution in [0, 0.1) is 5.82 Å². The number of rotatable bonds is 7. The van der Waals surface area contributed by atoms with Gasteiger partial charge in [0.2, 0.25) is 0 Å². The molecule has 1 fully saturated rings. The van der Waals surface area contributed by atoms with Crippen molar-refractivity contribution < 1.29 is 31.9 Å². The molecule has 12 heteroatoms. The molecule has 1 aliphatic heterocycles. The fraction of sp³-hybridized carbons (Fsp3) is 0.450. The molecule has 1 aromatic carbocycles. The number of methoxy groups -OCH3 is 1. The van der Waals surface area contributed by atoms with E-state index in [1.54, 1.807) is 13.8 Å². The second kappa shape index (κ2) is 9.35. The molecule has 0 spiro atoms. The number of hydrogen-bond donors (Lipinski definition) is 1. The fourth-order valence-electron chi connectivity index (χ4n) is 3.76. The van der Waals surface area contributed by atoms with E-state index in [4.69, 9.17) is 0 Å². The third-order valence-electron chi connectivity index (χ3n) is 5.51. The predicted octanol–water partition coefficient (Wildman–Crippen LogP) is 1.01. The number of halogens is 1. The maximum absolute atomic E-state index is 14.5. The molecular formula is C20H25FN4O6S. The van der Waals surface area contributed by atoms with Crippen molar-refractivity contribution >= 4 is 38.8 Å². The summed E-state index contributed by atoms with van der Waals surface area (Å²) in [5.74, 6) is -3.29. The van der Waals surface area contributed by atoms with E-state index in [1.165, 1.54) is 32.9 Å². The zero-order chi connectivity index (χ0) is 23.6. The molecule has 1 aromatic heterocycles. The van der Waals surface area contributed by atoms with Crippen LogP contribution in [0.1, 0.15) is 34.6 Å². The molecule has 1 saturated heterocycles. The maximum atomic E-state index is 14.5. The largest absolute Gasteiger partial charge is 0.465 e. The Kier molecular flexibility index (Phi) is 6.96. The van der Waals surface area contributed by atoms with Gasteiger partial charge in [0.05, 0.1) is 23.8 Å². The van der Waals surface area contributed by atoms with Crippen molar-refractivity contribution in [2.75, 3.05) is 46.4 Å². The lowest BCUT2D eigenvalue weighted by molar-refractivity contribution is -0.127. The van der Waals surface area contributed by atoms with Gasteiger partial charge in [-0.05, 0) is 12.1 Å². The van der Waals surface area contributed by atoms with E-state index in [1.807, 2.05) is 0 Å². The van der Waals surface area contributed by atoms with E-state index >= 15 is 0 Å². The van der Waals surface area contributed by atoms with Gasteiger partial charge in [0.15, 0.2) is 0 Å². The van der Waals surface area contributed by atoms with Gasteiger partial charge in [-0.3, -0.25) is 9.59 Å². The van der Waals surface area contributed by atoms with Crippen LogP contribution in [0.4, 0.5) is 4.39 Å². The summed E-state index contributed by atoms with van der Waals surface area (Å²) in [5, 5.41) is -0.172. The third-order valence-corrected chi connectivity index (χ3v) is 7.70. The van der Waals surface area contributed by atoms with Gasteiger partial charge in [0.25, 0.3) is 21.9 Å². The van der Waals surface area contributed by atoms with Crippen LogP contribution in [0.5, 0.6) is 0 Å². The first-order chi connectivity index (χ1) is 15.2. The van der Waals surface area contributed by atoms with Crippen LogP contribution in [0.2, 0.25) is 0 Å².